The van der Waals surface area contributed by atoms with Gasteiger partial charge in [-0.05, 0) is 47.0 Å². The summed E-state index contributed by atoms with van der Waals surface area (Å²) in [7, 11) is 0. The van der Waals surface area contributed by atoms with Gasteiger partial charge in [-0.3, -0.25) is 0 Å². The molecule has 82 valence electrons. The Labute approximate surface area is 86.4 Å². The van der Waals surface area contributed by atoms with E-state index in [1.54, 1.807) is 0 Å². The SMILES string of the molecule is CCN(C(=O)OC(C)(C)C)C1CCC1. The summed E-state index contributed by atoms with van der Waals surface area (Å²) in [5.74, 6) is 0. The van der Waals surface area contributed by atoms with Crippen molar-refractivity contribution in [3.05, 3.63) is 0 Å². The van der Waals surface area contributed by atoms with Crippen molar-refractivity contribution in [2.45, 2.75) is 58.6 Å². The summed E-state index contributed by atoms with van der Waals surface area (Å²) in [5.41, 5.74) is -0.381. The van der Waals surface area contributed by atoms with E-state index in [1.165, 1.54) is 6.42 Å². The van der Waals surface area contributed by atoms with Crippen LogP contribution < -0.4 is 0 Å². The number of carbonyl (C=O) groups is 1. The maximum atomic E-state index is 11.7. The van der Waals surface area contributed by atoms with Crippen molar-refractivity contribution >= 4 is 6.09 Å². The molecule has 1 aliphatic rings. The molecule has 1 amide bonds. The number of hydrogen-bond donors (Lipinski definition) is 0. The molecule has 0 spiro atoms. The molecule has 0 saturated heterocycles. The highest BCUT2D eigenvalue weighted by Gasteiger charge is 2.30. The topological polar surface area (TPSA) is 29.5 Å². The smallest absolute Gasteiger partial charge is 0.410 e. The highest BCUT2D eigenvalue weighted by molar-refractivity contribution is 5.68. The molecule has 0 N–H and O–H groups in total. The number of carbonyl (C=O) groups excluding carboxylic acids is 1. The van der Waals surface area contributed by atoms with Crippen molar-refractivity contribution in [2.75, 3.05) is 6.54 Å². The van der Waals surface area contributed by atoms with E-state index in [0.717, 1.165) is 19.4 Å². The van der Waals surface area contributed by atoms with Crippen LogP contribution in [0, 0.1) is 0 Å². The number of rotatable bonds is 2. The van der Waals surface area contributed by atoms with Crippen LogP contribution in [0.3, 0.4) is 0 Å². The predicted octanol–water partition coefficient (Wildman–Crippen LogP) is 2.80. The van der Waals surface area contributed by atoms with Crippen LogP contribution in [0.25, 0.3) is 0 Å². The third kappa shape index (κ3) is 2.89. The fourth-order valence-corrected chi connectivity index (χ4v) is 1.56. The molecular formula is C11H21NO2. The maximum absolute atomic E-state index is 11.7. The highest BCUT2D eigenvalue weighted by Crippen LogP contribution is 2.25. The van der Waals surface area contributed by atoms with E-state index in [2.05, 4.69) is 0 Å². The number of nitrogens with zero attached hydrogens (tertiary/aromatic N) is 1. The molecule has 1 rings (SSSR count). The zero-order valence-corrected chi connectivity index (χ0v) is 9.67. The second kappa shape index (κ2) is 4.20. The van der Waals surface area contributed by atoms with E-state index < -0.39 is 0 Å². The zero-order valence-electron chi connectivity index (χ0n) is 9.67. The minimum atomic E-state index is -0.381. The first-order valence-electron chi connectivity index (χ1n) is 5.43. The van der Waals surface area contributed by atoms with E-state index in [9.17, 15) is 4.79 Å². The van der Waals surface area contributed by atoms with Crippen LogP contribution in [0.5, 0.6) is 0 Å². The molecule has 0 aromatic carbocycles. The fourth-order valence-electron chi connectivity index (χ4n) is 1.56. The molecule has 0 aromatic heterocycles. The van der Waals surface area contributed by atoms with Gasteiger partial charge in [0, 0.05) is 12.6 Å². The van der Waals surface area contributed by atoms with Gasteiger partial charge in [0.15, 0.2) is 0 Å². The van der Waals surface area contributed by atoms with E-state index in [4.69, 9.17) is 4.74 Å². The van der Waals surface area contributed by atoms with Crippen LogP contribution >= 0.6 is 0 Å². The lowest BCUT2D eigenvalue weighted by Crippen LogP contribution is -2.46. The van der Waals surface area contributed by atoms with Gasteiger partial charge in [0.2, 0.25) is 0 Å². The Hall–Kier alpha value is -0.730. The van der Waals surface area contributed by atoms with Gasteiger partial charge in [-0.25, -0.2) is 4.79 Å². The van der Waals surface area contributed by atoms with Gasteiger partial charge < -0.3 is 9.64 Å². The zero-order chi connectivity index (χ0) is 10.8. The van der Waals surface area contributed by atoms with Gasteiger partial charge in [0.1, 0.15) is 5.60 Å². The Bertz CT molecular complexity index is 204. The largest absolute Gasteiger partial charge is 0.444 e. The molecule has 3 heteroatoms. The molecule has 1 saturated carbocycles. The van der Waals surface area contributed by atoms with Crippen LogP contribution in [-0.2, 0) is 4.74 Å². The molecule has 3 nitrogen and oxygen atoms in total. The van der Waals surface area contributed by atoms with Crippen LogP contribution in [0.1, 0.15) is 47.0 Å². The normalized spacial score (nSPS) is 17.4. The first kappa shape index (κ1) is 11.3. The molecule has 14 heavy (non-hydrogen) atoms. The van der Waals surface area contributed by atoms with Crippen molar-refractivity contribution in [3.63, 3.8) is 0 Å². The Morgan fingerprint density at radius 3 is 2.29 bits per heavy atom. The number of hydrogen-bond acceptors (Lipinski definition) is 2. The van der Waals surface area contributed by atoms with Gasteiger partial charge in [0.05, 0.1) is 0 Å². The quantitative estimate of drug-likeness (QED) is 0.684. The third-order valence-electron chi connectivity index (χ3n) is 2.48. The molecule has 0 aromatic rings. The molecule has 0 atom stereocenters. The molecule has 0 bridgehead atoms. The molecule has 0 radical (unpaired) electrons. The fraction of sp³-hybridized carbons (Fsp3) is 0.909. The van der Waals surface area contributed by atoms with E-state index in [-0.39, 0.29) is 11.7 Å². The highest BCUT2D eigenvalue weighted by atomic mass is 16.6. The minimum Gasteiger partial charge on any atom is -0.444 e. The van der Waals surface area contributed by atoms with Gasteiger partial charge in [-0.1, -0.05) is 0 Å². The summed E-state index contributed by atoms with van der Waals surface area (Å²) in [6.45, 7) is 8.46. The van der Waals surface area contributed by atoms with E-state index in [0.29, 0.717) is 6.04 Å². The van der Waals surface area contributed by atoms with Crippen molar-refractivity contribution < 1.29 is 9.53 Å². The Morgan fingerprint density at radius 2 is 2.00 bits per heavy atom. The third-order valence-corrected chi connectivity index (χ3v) is 2.48. The van der Waals surface area contributed by atoms with Gasteiger partial charge in [0.25, 0.3) is 0 Å². The molecule has 0 aliphatic heterocycles. The molecule has 1 fully saturated rings. The summed E-state index contributed by atoms with van der Waals surface area (Å²) in [4.78, 5) is 13.6. The van der Waals surface area contributed by atoms with E-state index >= 15 is 0 Å². The lowest BCUT2D eigenvalue weighted by atomic mass is 9.92. The lowest BCUT2D eigenvalue weighted by molar-refractivity contribution is 0.00865. The Morgan fingerprint density at radius 1 is 1.43 bits per heavy atom. The van der Waals surface area contributed by atoms with Gasteiger partial charge in [-0.2, -0.15) is 0 Å². The second-order valence-electron chi connectivity index (χ2n) is 4.85. The van der Waals surface area contributed by atoms with Crippen LogP contribution in [-0.4, -0.2) is 29.2 Å². The average Bonchev–Trinajstić information content (AvgIpc) is 1.92. The predicted molar refractivity (Wildman–Crippen MR) is 56.3 cm³/mol. The first-order chi connectivity index (χ1) is 6.44. The first-order valence-corrected chi connectivity index (χ1v) is 5.43. The molecule has 1 aliphatic carbocycles. The maximum Gasteiger partial charge on any atom is 0.410 e. The summed E-state index contributed by atoms with van der Waals surface area (Å²) < 4.78 is 5.33. The Kier molecular flexibility index (Phi) is 3.40. The number of ether oxygens (including phenoxy) is 1. The van der Waals surface area contributed by atoms with Gasteiger partial charge >= 0.3 is 6.09 Å². The molecule has 0 unspecified atom stereocenters. The summed E-state index contributed by atoms with van der Waals surface area (Å²) >= 11 is 0. The summed E-state index contributed by atoms with van der Waals surface area (Å²) in [6.07, 6.45) is 3.34. The van der Waals surface area contributed by atoms with E-state index in [1.807, 2.05) is 32.6 Å². The second-order valence-corrected chi connectivity index (χ2v) is 4.85. The number of amides is 1. The average molecular weight is 199 g/mol. The van der Waals surface area contributed by atoms with Crippen molar-refractivity contribution in [1.82, 2.24) is 4.90 Å². The van der Waals surface area contributed by atoms with Crippen LogP contribution in [0.2, 0.25) is 0 Å². The summed E-state index contributed by atoms with van der Waals surface area (Å²) in [5, 5.41) is 0. The van der Waals surface area contributed by atoms with Crippen molar-refractivity contribution in [3.8, 4) is 0 Å². The Balaban J connectivity index is 2.47. The standard InChI is InChI=1S/C11H21NO2/c1-5-12(9-7-6-8-9)10(13)14-11(2,3)4/h9H,5-8H2,1-4H3. The van der Waals surface area contributed by atoms with Crippen LogP contribution in [0.4, 0.5) is 4.79 Å². The lowest BCUT2D eigenvalue weighted by Gasteiger charge is -2.37. The molecule has 0 heterocycles. The van der Waals surface area contributed by atoms with Gasteiger partial charge in [-0.15, -0.1) is 0 Å². The van der Waals surface area contributed by atoms with Crippen molar-refractivity contribution in [1.29, 1.82) is 0 Å². The minimum absolute atomic E-state index is 0.162. The van der Waals surface area contributed by atoms with Crippen molar-refractivity contribution in [2.24, 2.45) is 0 Å². The monoisotopic (exact) mass is 199 g/mol. The summed E-state index contributed by atoms with van der Waals surface area (Å²) in [6, 6.07) is 0.426. The van der Waals surface area contributed by atoms with Crippen LogP contribution in [0.15, 0.2) is 0 Å². The molecular weight excluding hydrogens is 178 g/mol.